The van der Waals surface area contributed by atoms with Gasteiger partial charge in [-0.25, -0.2) is 4.79 Å². The molecule has 0 amide bonds. The Balaban J connectivity index is 1.80. The summed E-state index contributed by atoms with van der Waals surface area (Å²) in [7, 11) is 1.69. The Kier molecular flexibility index (Phi) is 4.22. The highest BCUT2D eigenvalue weighted by atomic mass is 16.5. The van der Waals surface area contributed by atoms with Crippen LogP contribution in [0, 0.1) is 0 Å². The third-order valence-electron chi connectivity index (χ3n) is 6.26. The van der Waals surface area contributed by atoms with Gasteiger partial charge in [-0.3, -0.25) is 0 Å². The number of hydrogen-bond donors (Lipinski definition) is 0. The van der Waals surface area contributed by atoms with Crippen LogP contribution in [-0.4, -0.2) is 13.1 Å². The summed E-state index contributed by atoms with van der Waals surface area (Å²) in [6, 6.07) is 32.4. The summed E-state index contributed by atoms with van der Waals surface area (Å²) >= 11 is 0. The summed E-state index contributed by atoms with van der Waals surface area (Å²) in [5, 5.41) is 4.27. The molecule has 3 heteroatoms. The zero-order valence-electron chi connectivity index (χ0n) is 17.5. The molecule has 154 valence electrons. The van der Waals surface area contributed by atoms with Crippen molar-refractivity contribution in [3.63, 3.8) is 0 Å². The summed E-state index contributed by atoms with van der Waals surface area (Å²) in [4.78, 5) is 13.0. The van der Waals surface area contributed by atoms with Crippen LogP contribution >= 0.6 is 0 Å². The lowest BCUT2D eigenvalue weighted by atomic mass is 9.84. The number of fused-ring (bicyclic) bond motifs is 3. The van der Waals surface area contributed by atoms with Crippen LogP contribution < -0.4 is 4.74 Å². The van der Waals surface area contributed by atoms with Crippen molar-refractivity contribution < 1.29 is 14.3 Å². The Morgan fingerprint density at radius 2 is 1.38 bits per heavy atom. The van der Waals surface area contributed by atoms with Gasteiger partial charge in [0.1, 0.15) is 5.75 Å². The molecular formula is C29H20O3. The van der Waals surface area contributed by atoms with Crippen LogP contribution in [0.15, 0.2) is 97.1 Å². The van der Waals surface area contributed by atoms with E-state index >= 15 is 0 Å². The molecule has 0 aliphatic carbocycles. The molecule has 5 aromatic rings. The minimum atomic E-state index is -0.470. The van der Waals surface area contributed by atoms with Crippen molar-refractivity contribution in [3.8, 4) is 16.9 Å². The van der Waals surface area contributed by atoms with Crippen molar-refractivity contribution in [2.75, 3.05) is 7.11 Å². The molecular weight excluding hydrogens is 396 g/mol. The summed E-state index contributed by atoms with van der Waals surface area (Å²) in [5.74, 6) is 0.480. The molecule has 1 aliphatic heterocycles. The second kappa shape index (κ2) is 7.24. The van der Waals surface area contributed by atoms with Crippen molar-refractivity contribution in [2.24, 2.45) is 0 Å². The first-order chi connectivity index (χ1) is 15.8. The number of rotatable bonds is 3. The quantitative estimate of drug-likeness (QED) is 0.299. The maximum atomic E-state index is 13.0. The predicted molar refractivity (Wildman–Crippen MR) is 127 cm³/mol. The summed E-state index contributed by atoms with van der Waals surface area (Å²) in [6.07, 6.45) is -0.470. The molecule has 1 heterocycles. The van der Waals surface area contributed by atoms with Gasteiger partial charge in [0.25, 0.3) is 0 Å². The number of esters is 1. The van der Waals surface area contributed by atoms with Crippen molar-refractivity contribution in [3.05, 3.63) is 114 Å². The fraction of sp³-hybridized carbons (Fsp3) is 0.0690. The first-order valence-electron chi connectivity index (χ1n) is 10.6. The van der Waals surface area contributed by atoms with E-state index in [0.717, 1.165) is 49.5 Å². The standard InChI is InChI=1S/C29H20O3/c1-31-24-16-15-18-9-5-7-13-21(18)25(24)26-22-14-8-6-12-20(22)17-23-27(26)28(32-29(23)30)19-10-3-2-4-11-19/h2-17,28H,1H3/t28-/m0/s1. The fourth-order valence-corrected chi connectivity index (χ4v) is 4.85. The van der Waals surface area contributed by atoms with E-state index in [4.69, 9.17) is 9.47 Å². The molecule has 0 aromatic heterocycles. The summed E-state index contributed by atoms with van der Waals surface area (Å²) < 4.78 is 11.8. The first-order valence-corrected chi connectivity index (χ1v) is 10.6. The summed E-state index contributed by atoms with van der Waals surface area (Å²) in [6.45, 7) is 0. The molecule has 32 heavy (non-hydrogen) atoms. The molecule has 6 rings (SSSR count). The van der Waals surface area contributed by atoms with E-state index in [1.165, 1.54) is 0 Å². The molecule has 0 radical (unpaired) electrons. The van der Waals surface area contributed by atoms with Crippen LogP contribution in [0.25, 0.3) is 32.7 Å². The fourth-order valence-electron chi connectivity index (χ4n) is 4.85. The normalized spacial score (nSPS) is 15.0. The highest BCUT2D eigenvalue weighted by molar-refractivity contribution is 6.13. The second-order valence-corrected chi connectivity index (χ2v) is 7.99. The zero-order valence-corrected chi connectivity index (χ0v) is 17.5. The van der Waals surface area contributed by atoms with Gasteiger partial charge in [-0.05, 0) is 39.2 Å². The van der Waals surface area contributed by atoms with Crippen molar-refractivity contribution in [1.29, 1.82) is 0 Å². The van der Waals surface area contributed by atoms with E-state index in [1.54, 1.807) is 7.11 Å². The third-order valence-corrected chi connectivity index (χ3v) is 6.26. The topological polar surface area (TPSA) is 35.5 Å². The minimum absolute atomic E-state index is 0.292. The molecule has 0 bridgehead atoms. The maximum absolute atomic E-state index is 13.0. The number of ether oxygens (including phenoxy) is 2. The molecule has 0 N–H and O–H groups in total. The molecule has 1 aliphatic rings. The van der Waals surface area contributed by atoms with Crippen LogP contribution in [-0.2, 0) is 4.74 Å². The van der Waals surface area contributed by atoms with Gasteiger partial charge in [0.2, 0.25) is 0 Å². The Morgan fingerprint density at radius 1 is 0.719 bits per heavy atom. The van der Waals surface area contributed by atoms with Crippen molar-refractivity contribution >= 4 is 27.5 Å². The Labute approximate surface area is 185 Å². The Morgan fingerprint density at radius 3 is 2.12 bits per heavy atom. The number of carbonyl (C=O) groups is 1. The Hall–Kier alpha value is -4.11. The first kappa shape index (κ1) is 18.6. The Bertz CT molecular complexity index is 1500. The molecule has 3 nitrogen and oxygen atoms in total. The van der Waals surface area contributed by atoms with Crippen LogP contribution in [0.3, 0.4) is 0 Å². The third kappa shape index (κ3) is 2.71. The lowest BCUT2D eigenvalue weighted by Crippen LogP contribution is -2.02. The maximum Gasteiger partial charge on any atom is 0.339 e. The van der Waals surface area contributed by atoms with Gasteiger partial charge < -0.3 is 9.47 Å². The average Bonchev–Trinajstić information content (AvgIpc) is 3.18. The zero-order chi connectivity index (χ0) is 21.7. The average molecular weight is 416 g/mol. The molecule has 5 aromatic carbocycles. The van der Waals surface area contributed by atoms with Gasteiger partial charge in [-0.2, -0.15) is 0 Å². The van der Waals surface area contributed by atoms with Gasteiger partial charge in [0.05, 0.1) is 12.7 Å². The van der Waals surface area contributed by atoms with E-state index in [9.17, 15) is 4.79 Å². The van der Waals surface area contributed by atoms with Crippen LogP contribution in [0.1, 0.15) is 27.6 Å². The highest BCUT2D eigenvalue weighted by Gasteiger charge is 2.37. The van der Waals surface area contributed by atoms with Crippen LogP contribution in [0.4, 0.5) is 0 Å². The van der Waals surface area contributed by atoms with E-state index in [-0.39, 0.29) is 5.97 Å². The lowest BCUT2D eigenvalue weighted by molar-refractivity contribution is 0.0456. The molecule has 0 unspecified atom stereocenters. The summed E-state index contributed by atoms with van der Waals surface area (Å²) in [5.41, 5.74) is 4.44. The predicted octanol–water partition coefficient (Wildman–Crippen LogP) is 6.93. The lowest BCUT2D eigenvalue weighted by Gasteiger charge is -2.20. The highest BCUT2D eigenvalue weighted by Crippen LogP contribution is 2.49. The van der Waals surface area contributed by atoms with E-state index in [1.807, 2.05) is 72.8 Å². The van der Waals surface area contributed by atoms with Gasteiger partial charge in [-0.1, -0.05) is 84.9 Å². The van der Waals surface area contributed by atoms with Crippen LogP contribution in [0.5, 0.6) is 5.75 Å². The second-order valence-electron chi connectivity index (χ2n) is 7.99. The number of carbonyl (C=O) groups excluding carboxylic acids is 1. The van der Waals surface area contributed by atoms with Gasteiger partial charge in [-0.15, -0.1) is 0 Å². The van der Waals surface area contributed by atoms with Gasteiger partial charge >= 0.3 is 5.97 Å². The van der Waals surface area contributed by atoms with Crippen molar-refractivity contribution in [1.82, 2.24) is 0 Å². The van der Waals surface area contributed by atoms with E-state index in [2.05, 4.69) is 24.3 Å². The number of benzene rings is 5. The minimum Gasteiger partial charge on any atom is -0.496 e. The number of hydrogen-bond acceptors (Lipinski definition) is 3. The largest absolute Gasteiger partial charge is 0.496 e. The van der Waals surface area contributed by atoms with Gasteiger partial charge in [0.15, 0.2) is 6.10 Å². The number of cyclic esters (lactones) is 1. The van der Waals surface area contributed by atoms with Gasteiger partial charge in [0, 0.05) is 16.7 Å². The van der Waals surface area contributed by atoms with Crippen LogP contribution in [0.2, 0.25) is 0 Å². The van der Waals surface area contributed by atoms with E-state index < -0.39 is 6.10 Å². The number of methoxy groups -OCH3 is 1. The molecule has 0 saturated heterocycles. The van der Waals surface area contributed by atoms with E-state index in [0.29, 0.717) is 5.56 Å². The molecule has 0 saturated carbocycles. The molecule has 0 fully saturated rings. The molecule has 1 atom stereocenters. The monoisotopic (exact) mass is 416 g/mol. The SMILES string of the molecule is COc1ccc2ccccc2c1-c1c2c(cc3ccccc13)C(=O)O[C@H]2c1ccccc1. The van der Waals surface area contributed by atoms with Crippen molar-refractivity contribution in [2.45, 2.75) is 6.10 Å². The molecule has 0 spiro atoms. The smallest absolute Gasteiger partial charge is 0.339 e.